The lowest BCUT2D eigenvalue weighted by Gasteiger charge is -2.12. The number of methoxy groups -OCH3 is 2. The third kappa shape index (κ3) is 3.68. The maximum atomic E-state index is 12.3. The Hall–Kier alpha value is -1.28. The summed E-state index contributed by atoms with van der Waals surface area (Å²) in [5.74, 6) is 1.05. The molecule has 0 saturated heterocycles. The zero-order valence-electron chi connectivity index (χ0n) is 12.0. The van der Waals surface area contributed by atoms with Crippen molar-refractivity contribution in [2.75, 3.05) is 14.2 Å². The number of hydrogen-bond acceptors (Lipinski definition) is 4. The highest BCUT2D eigenvalue weighted by molar-refractivity contribution is 14.1. The number of thiophene rings is 1. The molecule has 1 aromatic heterocycles. The second kappa shape index (κ2) is 7.13. The van der Waals surface area contributed by atoms with Gasteiger partial charge in [0.05, 0.1) is 26.3 Å². The van der Waals surface area contributed by atoms with Gasteiger partial charge in [0, 0.05) is 8.45 Å². The van der Waals surface area contributed by atoms with E-state index in [1.165, 1.54) is 10.4 Å². The number of rotatable bonds is 5. The fourth-order valence-electron chi connectivity index (χ4n) is 1.87. The Morgan fingerprint density at radius 1 is 1.29 bits per heavy atom. The van der Waals surface area contributed by atoms with Crippen molar-refractivity contribution in [3.05, 3.63) is 43.2 Å². The molecule has 4 nitrogen and oxygen atoms in total. The molecule has 2 rings (SSSR count). The van der Waals surface area contributed by atoms with Crippen LogP contribution in [0.25, 0.3) is 0 Å². The van der Waals surface area contributed by atoms with E-state index in [0.29, 0.717) is 23.6 Å². The third-order valence-electron chi connectivity index (χ3n) is 3.10. The second-order valence-corrected chi connectivity index (χ2v) is 6.56. The van der Waals surface area contributed by atoms with Crippen molar-refractivity contribution in [1.29, 1.82) is 0 Å². The second-order valence-electron chi connectivity index (χ2n) is 4.40. The number of ether oxygens (including phenoxy) is 2. The van der Waals surface area contributed by atoms with Crippen LogP contribution >= 0.6 is 33.9 Å². The molecule has 2 aromatic rings. The molecule has 112 valence electrons. The average molecular weight is 417 g/mol. The Morgan fingerprint density at radius 3 is 2.52 bits per heavy atom. The Labute approximate surface area is 141 Å². The van der Waals surface area contributed by atoms with Gasteiger partial charge in [-0.15, -0.1) is 11.3 Å². The topological polar surface area (TPSA) is 47.6 Å². The van der Waals surface area contributed by atoms with Crippen LogP contribution in [0.15, 0.2) is 23.6 Å². The van der Waals surface area contributed by atoms with E-state index in [1.807, 2.05) is 18.4 Å². The monoisotopic (exact) mass is 417 g/mol. The highest BCUT2D eigenvalue weighted by atomic mass is 127. The van der Waals surface area contributed by atoms with Crippen molar-refractivity contribution in [2.45, 2.75) is 13.5 Å². The largest absolute Gasteiger partial charge is 0.493 e. The van der Waals surface area contributed by atoms with Gasteiger partial charge in [-0.2, -0.15) is 0 Å². The fourth-order valence-corrected chi connectivity index (χ4v) is 3.40. The summed E-state index contributed by atoms with van der Waals surface area (Å²) in [5, 5.41) is 4.97. The van der Waals surface area contributed by atoms with Crippen LogP contribution in [0.1, 0.15) is 20.8 Å². The van der Waals surface area contributed by atoms with E-state index in [2.05, 4.69) is 27.9 Å². The van der Waals surface area contributed by atoms with Crippen molar-refractivity contribution < 1.29 is 14.3 Å². The summed E-state index contributed by atoms with van der Waals surface area (Å²) in [7, 11) is 3.13. The van der Waals surface area contributed by atoms with E-state index in [4.69, 9.17) is 9.47 Å². The van der Waals surface area contributed by atoms with Gasteiger partial charge in [0.25, 0.3) is 5.91 Å². The van der Waals surface area contributed by atoms with Crippen LogP contribution in [-0.2, 0) is 6.54 Å². The molecule has 0 atom stereocenters. The van der Waals surface area contributed by atoms with E-state index in [1.54, 1.807) is 37.7 Å². The van der Waals surface area contributed by atoms with E-state index in [9.17, 15) is 4.79 Å². The zero-order valence-corrected chi connectivity index (χ0v) is 15.0. The summed E-state index contributed by atoms with van der Waals surface area (Å²) in [5.41, 5.74) is 1.78. The van der Waals surface area contributed by atoms with Crippen LogP contribution in [0.4, 0.5) is 0 Å². The van der Waals surface area contributed by atoms with Gasteiger partial charge in [-0.1, -0.05) is 0 Å². The first-order valence-corrected chi connectivity index (χ1v) is 8.25. The first-order chi connectivity index (χ1) is 10.1. The molecule has 1 heterocycles. The number of hydrogen-bond donors (Lipinski definition) is 1. The van der Waals surface area contributed by atoms with Crippen molar-refractivity contribution in [2.24, 2.45) is 0 Å². The number of halogens is 1. The maximum absolute atomic E-state index is 12.3. The minimum atomic E-state index is -0.117. The Balaban J connectivity index is 2.17. The number of aryl methyl sites for hydroxylation is 1. The molecule has 0 aliphatic carbocycles. The average Bonchev–Trinajstić information content (AvgIpc) is 2.89. The van der Waals surface area contributed by atoms with E-state index >= 15 is 0 Å². The molecule has 1 amide bonds. The Morgan fingerprint density at radius 2 is 1.95 bits per heavy atom. The molecular formula is C15H16INO3S. The first kappa shape index (κ1) is 16.1. The molecule has 0 bridgehead atoms. The van der Waals surface area contributed by atoms with Gasteiger partial charge < -0.3 is 14.8 Å². The molecule has 0 unspecified atom stereocenters. The van der Waals surface area contributed by atoms with Crippen LogP contribution in [0, 0.1) is 10.5 Å². The normalized spacial score (nSPS) is 10.3. The number of nitrogens with one attached hydrogen (secondary N) is 1. The third-order valence-corrected chi connectivity index (χ3v) is 5.01. The SMILES string of the molecule is COc1cc(I)c(C(=O)NCc2sccc2C)cc1OC. The molecule has 21 heavy (non-hydrogen) atoms. The first-order valence-electron chi connectivity index (χ1n) is 6.29. The minimum absolute atomic E-state index is 0.117. The van der Waals surface area contributed by atoms with Crippen LogP contribution < -0.4 is 14.8 Å². The molecule has 0 fully saturated rings. The van der Waals surface area contributed by atoms with Crippen LogP contribution in [0.2, 0.25) is 0 Å². The lowest BCUT2D eigenvalue weighted by molar-refractivity contribution is 0.0950. The number of carbonyl (C=O) groups excluding carboxylic acids is 1. The van der Waals surface area contributed by atoms with E-state index in [0.717, 1.165) is 3.57 Å². The van der Waals surface area contributed by atoms with Gasteiger partial charge in [0.15, 0.2) is 11.5 Å². The lowest BCUT2D eigenvalue weighted by Crippen LogP contribution is -2.23. The molecule has 0 spiro atoms. The van der Waals surface area contributed by atoms with Crippen molar-refractivity contribution in [1.82, 2.24) is 5.32 Å². The van der Waals surface area contributed by atoms with Gasteiger partial charge >= 0.3 is 0 Å². The van der Waals surface area contributed by atoms with Gasteiger partial charge in [0.1, 0.15) is 0 Å². The highest BCUT2D eigenvalue weighted by Crippen LogP contribution is 2.31. The molecule has 1 N–H and O–H groups in total. The van der Waals surface area contributed by atoms with Crippen molar-refractivity contribution >= 4 is 39.8 Å². The smallest absolute Gasteiger partial charge is 0.252 e. The molecular weight excluding hydrogens is 401 g/mol. The lowest BCUT2D eigenvalue weighted by atomic mass is 10.2. The van der Waals surface area contributed by atoms with Crippen molar-refractivity contribution in [3.63, 3.8) is 0 Å². The standard InChI is InChI=1S/C15H16INO3S/c1-9-4-5-21-14(9)8-17-15(18)10-6-12(19-2)13(20-3)7-11(10)16/h4-7H,8H2,1-3H3,(H,17,18). The highest BCUT2D eigenvalue weighted by Gasteiger charge is 2.15. The molecule has 0 saturated carbocycles. The Bertz CT molecular complexity index is 654. The summed E-state index contributed by atoms with van der Waals surface area (Å²) < 4.78 is 11.3. The quantitative estimate of drug-likeness (QED) is 0.757. The summed E-state index contributed by atoms with van der Waals surface area (Å²) >= 11 is 3.77. The summed E-state index contributed by atoms with van der Waals surface area (Å²) in [6.07, 6.45) is 0. The number of benzene rings is 1. The van der Waals surface area contributed by atoms with Gasteiger partial charge in [-0.3, -0.25) is 4.79 Å². The number of carbonyl (C=O) groups is 1. The van der Waals surface area contributed by atoms with Gasteiger partial charge in [0.2, 0.25) is 0 Å². The van der Waals surface area contributed by atoms with Gasteiger partial charge in [-0.05, 0) is 58.7 Å². The predicted octanol–water partition coefficient (Wildman–Crippen LogP) is 3.61. The minimum Gasteiger partial charge on any atom is -0.493 e. The molecule has 0 radical (unpaired) electrons. The summed E-state index contributed by atoms with van der Waals surface area (Å²) in [4.78, 5) is 13.5. The van der Waals surface area contributed by atoms with E-state index < -0.39 is 0 Å². The summed E-state index contributed by atoms with van der Waals surface area (Å²) in [6, 6.07) is 5.55. The van der Waals surface area contributed by atoms with Crippen LogP contribution in [0.3, 0.4) is 0 Å². The molecule has 0 aliphatic heterocycles. The Kier molecular flexibility index (Phi) is 5.46. The van der Waals surface area contributed by atoms with E-state index in [-0.39, 0.29) is 5.91 Å². The number of amides is 1. The summed E-state index contributed by atoms with van der Waals surface area (Å²) in [6.45, 7) is 2.57. The fraction of sp³-hybridized carbons (Fsp3) is 0.267. The molecule has 1 aromatic carbocycles. The van der Waals surface area contributed by atoms with Crippen LogP contribution in [0.5, 0.6) is 11.5 Å². The predicted molar refractivity (Wildman–Crippen MR) is 92.5 cm³/mol. The molecule has 0 aliphatic rings. The van der Waals surface area contributed by atoms with Gasteiger partial charge in [-0.25, -0.2) is 0 Å². The zero-order chi connectivity index (χ0) is 15.4. The maximum Gasteiger partial charge on any atom is 0.252 e. The molecule has 6 heteroatoms. The van der Waals surface area contributed by atoms with Crippen LogP contribution in [-0.4, -0.2) is 20.1 Å². The van der Waals surface area contributed by atoms with Crippen molar-refractivity contribution in [3.8, 4) is 11.5 Å².